The minimum absolute atomic E-state index is 0. The Balaban J connectivity index is 0. The first-order valence-corrected chi connectivity index (χ1v) is 4.10. The Morgan fingerprint density at radius 1 is 1.18 bits per heavy atom. The molecule has 0 amide bonds. The van der Waals surface area contributed by atoms with Crippen molar-refractivity contribution >= 4 is 58.3 Å². The molecule has 7 heteroatoms. The van der Waals surface area contributed by atoms with Gasteiger partial charge in [0, 0.05) is 0 Å². The van der Waals surface area contributed by atoms with Crippen molar-refractivity contribution in [3.8, 4) is 0 Å². The number of rotatable bonds is 2. The molecule has 0 atom stereocenters. The van der Waals surface area contributed by atoms with Gasteiger partial charge in [0.2, 0.25) is 0 Å². The third kappa shape index (κ3) is 10.7. The van der Waals surface area contributed by atoms with Crippen LogP contribution in [0, 0.1) is 0 Å². The van der Waals surface area contributed by atoms with E-state index in [1.165, 1.54) is 0 Å². The summed E-state index contributed by atoms with van der Waals surface area (Å²) < 4.78 is 0.623. The van der Waals surface area contributed by atoms with Gasteiger partial charge in [0.05, 0.1) is 6.17 Å². The number of thiocarbonyl (C=S) groups is 2. The topological polar surface area (TPSA) is 24.1 Å². The normalized spacial score (nSPS) is 8.18. The Kier molecular flexibility index (Phi) is 9.59. The average molecular weight is 274 g/mol. The van der Waals surface area contributed by atoms with Crippen LogP contribution in [-0.4, -0.2) is 14.8 Å². The van der Waals surface area contributed by atoms with Gasteiger partial charge in [-0.2, -0.15) is 0 Å². The third-order valence-electron chi connectivity index (χ3n) is 0.669. The molecule has 0 unspecified atom stereocenters. The molecular formula is C4H6CuN2S4. The molecule has 0 aliphatic rings. The maximum absolute atomic E-state index is 4.61. The molecule has 0 fully saturated rings. The zero-order valence-electron chi connectivity index (χ0n) is 5.51. The van der Waals surface area contributed by atoms with Crippen LogP contribution < -0.4 is 10.6 Å². The molecule has 67 valence electrons. The molecule has 11 heavy (non-hydrogen) atoms. The summed E-state index contributed by atoms with van der Waals surface area (Å²) in [7, 11) is 0. The molecule has 1 radical (unpaired) electrons. The molecule has 0 aromatic heterocycles. The molecule has 2 N–H and O–H groups in total. The second-order valence-electron chi connectivity index (χ2n) is 1.59. The summed E-state index contributed by atoms with van der Waals surface area (Å²) in [6.07, 6.45) is -0.0741. The quantitative estimate of drug-likeness (QED) is 0.322. The Morgan fingerprint density at radius 2 is 1.45 bits per heavy atom. The van der Waals surface area contributed by atoms with Gasteiger partial charge in [-0.3, -0.25) is 0 Å². The molecule has 0 saturated carbocycles. The van der Waals surface area contributed by atoms with Crippen molar-refractivity contribution < 1.29 is 17.1 Å². The summed E-state index contributed by atoms with van der Waals surface area (Å²) in [5.41, 5.74) is 0. The van der Waals surface area contributed by atoms with Crippen LogP contribution in [0.1, 0.15) is 6.92 Å². The molecule has 0 aliphatic carbocycles. The van der Waals surface area contributed by atoms with Crippen molar-refractivity contribution in [2.75, 3.05) is 0 Å². The zero-order chi connectivity index (χ0) is 8.15. The van der Waals surface area contributed by atoms with Crippen LogP contribution in [0.5, 0.6) is 0 Å². The van der Waals surface area contributed by atoms with Gasteiger partial charge in [0.15, 0.2) is 0 Å². The van der Waals surface area contributed by atoms with E-state index in [0.717, 1.165) is 0 Å². The van der Waals surface area contributed by atoms with E-state index < -0.39 is 0 Å². The standard InChI is InChI=1S/C4H8N2S4.Cu/c1-2(5-3(7)8)6-4(9)10;/h2H,1H3,(H2,5,7,8)(H2,6,9,10);/q;+2/p-2. The predicted molar refractivity (Wildman–Crippen MR) is 55.7 cm³/mol. The van der Waals surface area contributed by atoms with Crippen LogP contribution in [0.15, 0.2) is 0 Å². The molecule has 0 heterocycles. The van der Waals surface area contributed by atoms with Crippen molar-refractivity contribution in [1.82, 2.24) is 10.6 Å². The summed E-state index contributed by atoms with van der Waals surface area (Å²) in [6.45, 7) is 1.83. The van der Waals surface area contributed by atoms with Crippen LogP contribution in [-0.2, 0) is 42.3 Å². The van der Waals surface area contributed by atoms with Gasteiger partial charge in [-0.25, -0.2) is 0 Å². The summed E-state index contributed by atoms with van der Waals surface area (Å²) in [4.78, 5) is 0. The molecule has 2 nitrogen and oxygen atoms in total. The van der Waals surface area contributed by atoms with Gasteiger partial charge in [0.25, 0.3) is 0 Å². The SMILES string of the molecule is CC(NC(=S)[S-])NC(=S)[S-].[Cu+2]. The summed E-state index contributed by atoms with van der Waals surface area (Å²) in [6, 6.07) is 0. The summed E-state index contributed by atoms with van der Waals surface area (Å²) in [5, 5.41) is 5.51. The predicted octanol–water partition coefficient (Wildman–Crippen LogP) is 0.173. The van der Waals surface area contributed by atoms with Crippen LogP contribution in [0.4, 0.5) is 0 Å². The van der Waals surface area contributed by atoms with E-state index in [2.05, 4.69) is 60.3 Å². The van der Waals surface area contributed by atoms with Gasteiger partial charge in [-0.15, -0.1) is 0 Å². The second-order valence-corrected chi connectivity index (χ2v) is 3.74. The fraction of sp³-hybridized carbons (Fsp3) is 0.500. The summed E-state index contributed by atoms with van der Waals surface area (Å²) >= 11 is 18.4. The largest absolute Gasteiger partial charge is 2.00 e. The first-order valence-electron chi connectivity index (χ1n) is 2.47. The molecule has 0 rings (SSSR count). The van der Waals surface area contributed by atoms with E-state index in [4.69, 9.17) is 0 Å². The monoisotopic (exact) mass is 273 g/mol. The van der Waals surface area contributed by atoms with Crippen LogP contribution >= 0.6 is 24.4 Å². The Labute approximate surface area is 98.6 Å². The van der Waals surface area contributed by atoms with Crippen molar-refractivity contribution in [3.63, 3.8) is 0 Å². The number of hydrogen-bond acceptors (Lipinski definition) is 4. The van der Waals surface area contributed by atoms with E-state index in [-0.39, 0.29) is 23.2 Å². The van der Waals surface area contributed by atoms with E-state index in [9.17, 15) is 0 Å². The third-order valence-corrected chi connectivity index (χ3v) is 1.14. The Bertz CT molecular complexity index is 135. The Hall–Kier alpha value is 0.739. The molecule has 0 spiro atoms. The molecule has 0 aromatic carbocycles. The maximum atomic E-state index is 4.61. The van der Waals surface area contributed by atoms with Crippen LogP contribution in [0.3, 0.4) is 0 Å². The van der Waals surface area contributed by atoms with Crippen molar-refractivity contribution in [3.05, 3.63) is 0 Å². The van der Waals surface area contributed by atoms with E-state index >= 15 is 0 Å². The van der Waals surface area contributed by atoms with Gasteiger partial charge < -0.3 is 60.3 Å². The molecule has 0 aliphatic heterocycles. The molecule has 0 aromatic rings. The fourth-order valence-electron chi connectivity index (χ4n) is 0.390. The van der Waals surface area contributed by atoms with E-state index in [1.807, 2.05) is 6.92 Å². The van der Waals surface area contributed by atoms with Gasteiger partial charge in [0.1, 0.15) is 0 Å². The van der Waals surface area contributed by atoms with Crippen molar-refractivity contribution in [2.24, 2.45) is 0 Å². The first-order chi connectivity index (χ1) is 4.52. The first kappa shape index (κ1) is 14.3. The second kappa shape index (κ2) is 7.39. The zero-order valence-corrected chi connectivity index (χ0v) is 9.72. The molecule has 0 saturated heterocycles. The summed E-state index contributed by atoms with van der Waals surface area (Å²) in [5.74, 6) is 0. The van der Waals surface area contributed by atoms with Crippen LogP contribution in [0.2, 0.25) is 0 Å². The van der Waals surface area contributed by atoms with E-state index in [0.29, 0.717) is 8.64 Å². The molecule has 0 bridgehead atoms. The molecular weight excluding hydrogens is 268 g/mol. The number of hydrogen-bond donors (Lipinski definition) is 2. The fourth-order valence-corrected chi connectivity index (χ4v) is 1.10. The Morgan fingerprint density at radius 3 is 1.64 bits per heavy atom. The minimum Gasteiger partial charge on any atom is -0.412 e. The van der Waals surface area contributed by atoms with Gasteiger partial charge in [-0.1, -0.05) is 8.64 Å². The van der Waals surface area contributed by atoms with Crippen molar-refractivity contribution in [1.29, 1.82) is 0 Å². The minimum atomic E-state index is -0.0741. The average Bonchev–Trinajstić information content (AvgIpc) is 1.58. The van der Waals surface area contributed by atoms with Gasteiger partial charge in [-0.05, 0) is 6.92 Å². The number of nitrogens with one attached hydrogen (secondary N) is 2. The van der Waals surface area contributed by atoms with Gasteiger partial charge >= 0.3 is 17.1 Å². The van der Waals surface area contributed by atoms with Crippen molar-refractivity contribution in [2.45, 2.75) is 13.1 Å². The van der Waals surface area contributed by atoms with Crippen LogP contribution in [0.25, 0.3) is 0 Å². The van der Waals surface area contributed by atoms with E-state index in [1.54, 1.807) is 0 Å². The maximum Gasteiger partial charge on any atom is 2.00 e. The smallest absolute Gasteiger partial charge is 0.412 e.